The molecule has 46 heavy (non-hydrogen) atoms. The molecule has 3 aromatic rings. The second-order valence-electron chi connectivity index (χ2n) is 13.2. The Kier molecular flexibility index (Phi) is 9.97. The summed E-state index contributed by atoms with van der Waals surface area (Å²) in [6.07, 6.45) is 2.10. The molecule has 0 saturated carbocycles. The van der Waals surface area contributed by atoms with Gasteiger partial charge in [0.2, 0.25) is 0 Å². The van der Waals surface area contributed by atoms with Crippen LogP contribution in [0.2, 0.25) is 0 Å². The summed E-state index contributed by atoms with van der Waals surface area (Å²) in [5.41, 5.74) is 0.613. The van der Waals surface area contributed by atoms with E-state index in [4.69, 9.17) is 4.74 Å². The first-order valence-corrected chi connectivity index (χ1v) is 16.2. The number of carboxylic acid groups (broad SMARTS) is 2. The number of nitriles is 1. The molecule has 2 fully saturated rings. The molecule has 8 nitrogen and oxygen atoms in total. The molecule has 5 unspecified atom stereocenters. The SMILES string of the molecule is CC1NC(C)C(CCOCCN2CCC(c3ccccc3)(c3ccccc3)CC2)(C(=O)O)C(c2cccc(C#N)c2)C1(C)C(=O)O. The van der Waals surface area contributed by atoms with E-state index in [1.165, 1.54) is 11.1 Å². The standard InChI is InChI=1S/C38H45N3O5/c1-27-36(3,34(42)43)33(30-12-10-11-29(25-30)26-39)38(35(44)45,28(2)40-27)19-23-46-24-22-41-20-17-37(18-21-41,31-13-6-4-7-14-31)32-15-8-5-9-16-32/h4-16,25,27-28,33,40H,17-24H2,1-3H3,(H,42,43)(H,44,45). The Morgan fingerprint density at radius 3 is 2.04 bits per heavy atom. The van der Waals surface area contributed by atoms with Crippen molar-refractivity contribution in [2.24, 2.45) is 10.8 Å². The maximum atomic E-state index is 13.3. The van der Waals surface area contributed by atoms with Gasteiger partial charge < -0.3 is 25.2 Å². The van der Waals surface area contributed by atoms with Crippen molar-refractivity contribution < 1.29 is 24.5 Å². The molecule has 3 aromatic carbocycles. The third-order valence-corrected chi connectivity index (χ3v) is 11.1. The number of piperidine rings is 2. The summed E-state index contributed by atoms with van der Waals surface area (Å²) < 4.78 is 6.14. The Balaban J connectivity index is 1.28. The quantitative estimate of drug-likeness (QED) is 0.234. The van der Waals surface area contributed by atoms with Crippen LogP contribution in [0.5, 0.6) is 0 Å². The molecule has 3 N–H and O–H groups in total. The van der Waals surface area contributed by atoms with Gasteiger partial charge in [0.25, 0.3) is 0 Å². The van der Waals surface area contributed by atoms with E-state index in [0.717, 1.165) is 32.5 Å². The first-order valence-electron chi connectivity index (χ1n) is 16.2. The summed E-state index contributed by atoms with van der Waals surface area (Å²) in [5.74, 6) is -3.05. The van der Waals surface area contributed by atoms with Crippen molar-refractivity contribution in [3.63, 3.8) is 0 Å². The third-order valence-electron chi connectivity index (χ3n) is 11.1. The van der Waals surface area contributed by atoms with Crippen LogP contribution in [0.25, 0.3) is 0 Å². The molecule has 0 bridgehead atoms. The zero-order valence-electron chi connectivity index (χ0n) is 27.0. The van der Waals surface area contributed by atoms with E-state index in [1.54, 1.807) is 38.1 Å². The maximum absolute atomic E-state index is 13.3. The lowest BCUT2D eigenvalue weighted by Crippen LogP contribution is -2.69. The predicted octanol–water partition coefficient (Wildman–Crippen LogP) is 5.67. The smallest absolute Gasteiger partial charge is 0.311 e. The topological polar surface area (TPSA) is 123 Å². The van der Waals surface area contributed by atoms with Gasteiger partial charge >= 0.3 is 11.9 Å². The molecule has 0 aromatic heterocycles. The molecule has 0 amide bonds. The monoisotopic (exact) mass is 623 g/mol. The fourth-order valence-corrected chi connectivity index (χ4v) is 8.20. The van der Waals surface area contributed by atoms with Crippen molar-refractivity contribution in [2.45, 2.75) is 63.5 Å². The van der Waals surface area contributed by atoms with Gasteiger partial charge in [0, 0.05) is 36.6 Å². The highest BCUT2D eigenvalue weighted by Crippen LogP contribution is 2.57. The van der Waals surface area contributed by atoms with E-state index in [1.807, 2.05) is 6.92 Å². The second kappa shape index (κ2) is 13.8. The molecule has 242 valence electrons. The van der Waals surface area contributed by atoms with Crippen molar-refractivity contribution in [1.82, 2.24) is 10.2 Å². The maximum Gasteiger partial charge on any atom is 0.311 e. The molecule has 0 radical (unpaired) electrons. The van der Waals surface area contributed by atoms with E-state index in [-0.39, 0.29) is 18.4 Å². The first kappa shape index (κ1) is 33.3. The van der Waals surface area contributed by atoms with Gasteiger partial charge in [0.05, 0.1) is 29.1 Å². The summed E-state index contributed by atoms with van der Waals surface area (Å²) in [6, 6.07) is 29.2. The van der Waals surface area contributed by atoms with Gasteiger partial charge in [0.1, 0.15) is 0 Å². The number of likely N-dealkylation sites (tertiary alicyclic amines) is 1. The summed E-state index contributed by atoms with van der Waals surface area (Å²) in [5, 5.41) is 34.2. The summed E-state index contributed by atoms with van der Waals surface area (Å²) in [6.45, 7) is 8.39. The number of hydrogen-bond acceptors (Lipinski definition) is 6. The molecular weight excluding hydrogens is 578 g/mol. The van der Waals surface area contributed by atoms with E-state index in [2.05, 4.69) is 76.9 Å². The lowest BCUT2D eigenvalue weighted by Gasteiger charge is -2.56. The zero-order chi connectivity index (χ0) is 33.0. The Hall–Kier alpha value is -4.03. The number of ether oxygens (including phenoxy) is 1. The fourth-order valence-electron chi connectivity index (χ4n) is 8.20. The largest absolute Gasteiger partial charge is 0.481 e. The zero-order valence-corrected chi connectivity index (χ0v) is 27.0. The number of carboxylic acids is 2. The Labute approximate surface area is 272 Å². The van der Waals surface area contributed by atoms with E-state index >= 15 is 0 Å². The van der Waals surface area contributed by atoms with Crippen LogP contribution < -0.4 is 5.32 Å². The van der Waals surface area contributed by atoms with Crippen molar-refractivity contribution in [3.05, 3.63) is 107 Å². The second-order valence-corrected chi connectivity index (χ2v) is 13.2. The highest BCUT2D eigenvalue weighted by Gasteiger charge is 2.64. The Morgan fingerprint density at radius 1 is 0.891 bits per heavy atom. The summed E-state index contributed by atoms with van der Waals surface area (Å²) in [4.78, 5) is 28.6. The van der Waals surface area contributed by atoms with E-state index in [0.29, 0.717) is 17.7 Å². The van der Waals surface area contributed by atoms with Crippen LogP contribution in [-0.2, 0) is 19.7 Å². The summed E-state index contributed by atoms with van der Waals surface area (Å²) >= 11 is 0. The highest BCUT2D eigenvalue weighted by atomic mass is 16.5. The lowest BCUT2D eigenvalue weighted by molar-refractivity contribution is -0.172. The predicted molar refractivity (Wildman–Crippen MR) is 177 cm³/mol. The van der Waals surface area contributed by atoms with Gasteiger partial charge in [0.15, 0.2) is 0 Å². The number of nitrogens with one attached hydrogen (secondary N) is 1. The number of rotatable bonds is 11. The van der Waals surface area contributed by atoms with Crippen LogP contribution in [0.3, 0.4) is 0 Å². The summed E-state index contributed by atoms with van der Waals surface area (Å²) in [7, 11) is 0. The molecule has 2 aliphatic heterocycles. The van der Waals surface area contributed by atoms with Gasteiger partial charge in [-0.1, -0.05) is 72.8 Å². The van der Waals surface area contributed by atoms with Gasteiger partial charge in [-0.3, -0.25) is 9.59 Å². The molecule has 5 rings (SSSR count). The molecule has 0 spiro atoms. The fraction of sp³-hybridized carbons (Fsp3) is 0.447. The number of carbonyl (C=O) groups is 2. The molecule has 5 atom stereocenters. The molecule has 8 heteroatoms. The molecule has 2 heterocycles. The van der Waals surface area contributed by atoms with Gasteiger partial charge in [-0.15, -0.1) is 0 Å². The van der Waals surface area contributed by atoms with Crippen LogP contribution in [0.15, 0.2) is 84.9 Å². The molecule has 2 aliphatic rings. The average molecular weight is 624 g/mol. The lowest BCUT2D eigenvalue weighted by atomic mass is 9.51. The Bertz CT molecular complexity index is 1510. The third kappa shape index (κ3) is 5.95. The van der Waals surface area contributed by atoms with Crippen LogP contribution >= 0.6 is 0 Å². The van der Waals surface area contributed by atoms with Gasteiger partial charge in [-0.05, 0) is 81.9 Å². The van der Waals surface area contributed by atoms with Crippen molar-refractivity contribution in [3.8, 4) is 6.07 Å². The van der Waals surface area contributed by atoms with Gasteiger partial charge in [-0.25, -0.2) is 0 Å². The Morgan fingerprint density at radius 2 is 1.50 bits per heavy atom. The minimum absolute atomic E-state index is 0.0380. The van der Waals surface area contributed by atoms with Crippen LogP contribution in [0.1, 0.15) is 68.2 Å². The normalized spacial score (nSPS) is 27.8. The van der Waals surface area contributed by atoms with Crippen molar-refractivity contribution >= 4 is 11.9 Å². The van der Waals surface area contributed by atoms with Crippen LogP contribution in [0.4, 0.5) is 0 Å². The molecule has 0 aliphatic carbocycles. The minimum atomic E-state index is -1.48. The van der Waals surface area contributed by atoms with Gasteiger partial charge in [-0.2, -0.15) is 5.26 Å². The van der Waals surface area contributed by atoms with E-state index in [9.17, 15) is 25.1 Å². The van der Waals surface area contributed by atoms with Crippen molar-refractivity contribution in [1.29, 1.82) is 5.26 Å². The highest BCUT2D eigenvalue weighted by molar-refractivity contribution is 5.84. The number of nitrogens with zero attached hydrogens (tertiary/aromatic N) is 2. The molecule has 2 saturated heterocycles. The number of aliphatic carboxylic acids is 2. The van der Waals surface area contributed by atoms with Crippen molar-refractivity contribution in [2.75, 3.05) is 32.8 Å². The van der Waals surface area contributed by atoms with Crippen LogP contribution in [-0.4, -0.2) is 72.0 Å². The average Bonchev–Trinajstić information content (AvgIpc) is 3.07. The number of hydrogen-bond donors (Lipinski definition) is 3. The first-order chi connectivity index (χ1) is 22.1. The molecular formula is C38H45N3O5. The van der Waals surface area contributed by atoms with E-state index < -0.39 is 40.8 Å². The minimum Gasteiger partial charge on any atom is -0.481 e. The van der Waals surface area contributed by atoms with Crippen LogP contribution in [0, 0.1) is 22.2 Å². The number of benzene rings is 3.